The van der Waals surface area contributed by atoms with Crippen LogP contribution in [0.4, 0.5) is 0 Å². The maximum absolute atomic E-state index is 5.21. The minimum atomic E-state index is 0.439. The molecule has 0 saturated heterocycles. The molecule has 0 saturated carbocycles. The average molecular weight is 177 g/mol. The minimum Gasteiger partial charge on any atom is -0.369 e. The zero-order valence-electron chi connectivity index (χ0n) is 7.00. The molecule has 2 rings (SSSR count). The van der Waals surface area contributed by atoms with Gasteiger partial charge < -0.3 is 5.32 Å². The van der Waals surface area contributed by atoms with Gasteiger partial charge in [0.1, 0.15) is 4.99 Å². The molecule has 0 fully saturated rings. The van der Waals surface area contributed by atoms with Crippen LogP contribution in [0.15, 0.2) is 24.3 Å². The summed E-state index contributed by atoms with van der Waals surface area (Å²) in [5, 5.41) is 3.30. The third kappa shape index (κ3) is 1.03. The molecule has 1 atom stereocenters. The lowest BCUT2D eigenvalue weighted by molar-refractivity contribution is 0.650. The van der Waals surface area contributed by atoms with Gasteiger partial charge in [-0.1, -0.05) is 43.4 Å². The number of hydrogen-bond donors (Lipinski definition) is 1. The average Bonchev–Trinajstić information content (AvgIpc) is 2.44. The lowest BCUT2D eigenvalue weighted by Gasteiger charge is -2.07. The first-order chi connectivity index (χ1) is 5.83. The Balaban J connectivity index is 2.50. The molecule has 1 aromatic rings. The van der Waals surface area contributed by atoms with Crippen molar-refractivity contribution in [1.82, 2.24) is 5.32 Å². The van der Waals surface area contributed by atoms with Crippen LogP contribution < -0.4 is 5.32 Å². The summed E-state index contributed by atoms with van der Waals surface area (Å²) < 4.78 is 0. The zero-order valence-corrected chi connectivity index (χ0v) is 7.82. The third-order valence-electron chi connectivity index (χ3n) is 2.29. The first-order valence-corrected chi connectivity index (χ1v) is 4.63. The van der Waals surface area contributed by atoms with Crippen molar-refractivity contribution in [3.63, 3.8) is 0 Å². The first kappa shape index (κ1) is 7.74. The van der Waals surface area contributed by atoms with Gasteiger partial charge in [-0.25, -0.2) is 0 Å². The minimum absolute atomic E-state index is 0.439. The highest BCUT2D eigenvalue weighted by molar-refractivity contribution is 7.80. The molecule has 1 unspecified atom stereocenters. The van der Waals surface area contributed by atoms with Crippen LogP contribution in [-0.2, 0) is 0 Å². The van der Waals surface area contributed by atoms with E-state index in [1.807, 2.05) is 6.07 Å². The quantitative estimate of drug-likeness (QED) is 0.661. The highest BCUT2D eigenvalue weighted by Crippen LogP contribution is 2.27. The van der Waals surface area contributed by atoms with E-state index >= 15 is 0 Å². The second kappa shape index (κ2) is 2.87. The molecule has 12 heavy (non-hydrogen) atoms. The van der Waals surface area contributed by atoms with E-state index < -0.39 is 0 Å². The molecule has 1 heterocycles. The summed E-state index contributed by atoms with van der Waals surface area (Å²) in [6, 6.07) is 8.77. The van der Waals surface area contributed by atoms with E-state index in [0.29, 0.717) is 6.04 Å². The van der Waals surface area contributed by atoms with E-state index in [-0.39, 0.29) is 0 Å². The van der Waals surface area contributed by atoms with E-state index in [2.05, 4.69) is 30.4 Å². The molecule has 2 heteroatoms. The van der Waals surface area contributed by atoms with E-state index in [9.17, 15) is 0 Å². The molecule has 1 aliphatic rings. The number of thiocarbonyl (C=S) groups is 1. The van der Waals surface area contributed by atoms with Crippen molar-refractivity contribution in [2.24, 2.45) is 0 Å². The SMILES string of the molecule is CCC1NC(=S)c2ccccc21. The van der Waals surface area contributed by atoms with E-state index in [4.69, 9.17) is 12.2 Å². The summed E-state index contributed by atoms with van der Waals surface area (Å²) in [5.74, 6) is 0. The van der Waals surface area contributed by atoms with Gasteiger partial charge >= 0.3 is 0 Å². The maximum atomic E-state index is 5.21. The summed E-state index contributed by atoms with van der Waals surface area (Å²) in [7, 11) is 0. The number of benzene rings is 1. The van der Waals surface area contributed by atoms with Gasteiger partial charge in [-0.2, -0.15) is 0 Å². The Bertz CT molecular complexity index is 319. The lowest BCUT2D eigenvalue weighted by Crippen LogP contribution is -2.16. The van der Waals surface area contributed by atoms with Gasteiger partial charge in [0, 0.05) is 5.56 Å². The smallest absolute Gasteiger partial charge is 0.107 e. The molecule has 0 amide bonds. The molecule has 0 bridgehead atoms. The van der Waals surface area contributed by atoms with Crippen LogP contribution in [0, 0.1) is 0 Å². The molecule has 1 N–H and O–H groups in total. The Morgan fingerprint density at radius 2 is 2.17 bits per heavy atom. The summed E-state index contributed by atoms with van der Waals surface area (Å²) >= 11 is 5.21. The van der Waals surface area contributed by atoms with E-state index in [0.717, 1.165) is 11.4 Å². The molecule has 0 spiro atoms. The number of nitrogens with one attached hydrogen (secondary N) is 1. The highest BCUT2D eigenvalue weighted by atomic mass is 32.1. The maximum Gasteiger partial charge on any atom is 0.107 e. The van der Waals surface area contributed by atoms with Crippen LogP contribution in [0.1, 0.15) is 30.5 Å². The molecule has 1 aromatic carbocycles. The van der Waals surface area contributed by atoms with Gasteiger partial charge in [-0.05, 0) is 12.0 Å². The topological polar surface area (TPSA) is 12.0 Å². The Morgan fingerprint density at radius 3 is 2.92 bits per heavy atom. The van der Waals surface area contributed by atoms with Crippen molar-refractivity contribution >= 4 is 17.2 Å². The fourth-order valence-electron chi connectivity index (χ4n) is 1.64. The zero-order chi connectivity index (χ0) is 8.55. The normalized spacial score (nSPS) is 20.4. The van der Waals surface area contributed by atoms with Crippen molar-refractivity contribution in [1.29, 1.82) is 0 Å². The summed E-state index contributed by atoms with van der Waals surface area (Å²) in [6.07, 6.45) is 1.09. The second-order valence-electron chi connectivity index (χ2n) is 3.02. The van der Waals surface area contributed by atoms with Crippen molar-refractivity contribution < 1.29 is 0 Å². The molecule has 0 aliphatic carbocycles. The van der Waals surface area contributed by atoms with Crippen LogP contribution in [0.2, 0.25) is 0 Å². The van der Waals surface area contributed by atoms with Crippen molar-refractivity contribution in [2.45, 2.75) is 19.4 Å². The number of hydrogen-bond acceptors (Lipinski definition) is 1. The van der Waals surface area contributed by atoms with Crippen molar-refractivity contribution in [3.8, 4) is 0 Å². The Hall–Kier alpha value is -0.890. The van der Waals surface area contributed by atoms with Gasteiger partial charge in [0.15, 0.2) is 0 Å². The van der Waals surface area contributed by atoms with E-state index in [1.54, 1.807) is 0 Å². The van der Waals surface area contributed by atoms with Gasteiger partial charge in [-0.3, -0.25) is 0 Å². The predicted octanol–water partition coefficient (Wildman–Crippen LogP) is 2.42. The third-order valence-corrected chi connectivity index (χ3v) is 2.63. The Kier molecular flexibility index (Phi) is 1.85. The molecule has 1 nitrogen and oxygen atoms in total. The van der Waals surface area contributed by atoms with Gasteiger partial charge in [0.05, 0.1) is 6.04 Å². The van der Waals surface area contributed by atoms with Gasteiger partial charge in [-0.15, -0.1) is 0 Å². The monoisotopic (exact) mass is 177 g/mol. The number of rotatable bonds is 1. The lowest BCUT2D eigenvalue weighted by atomic mass is 10.0. The van der Waals surface area contributed by atoms with Crippen molar-refractivity contribution in [3.05, 3.63) is 35.4 Å². The molecule has 0 aromatic heterocycles. The molecule has 62 valence electrons. The fraction of sp³-hybridized carbons (Fsp3) is 0.300. The van der Waals surface area contributed by atoms with Crippen LogP contribution in [0.3, 0.4) is 0 Å². The molecule has 0 radical (unpaired) electrons. The fourth-order valence-corrected chi connectivity index (χ4v) is 1.97. The van der Waals surface area contributed by atoms with Crippen LogP contribution >= 0.6 is 12.2 Å². The second-order valence-corrected chi connectivity index (χ2v) is 3.43. The predicted molar refractivity (Wildman–Crippen MR) is 54.3 cm³/mol. The summed E-state index contributed by atoms with van der Waals surface area (Å²) in [4.78, 5) is 0.900. The molecular formula is C10H11NS. The highest BCUT2D eigenvalue weighted by Gasteiger charge is 2.22. The summed E-state index contributed by atoms with van der Waals surface area (Å²) in [5.41, 5.74) is 2.56. The van der Waals surface area contributed by atoms with Gasteiger partial charge in [0.25, 0.3) is 0 Å². The van der Waals surface area contributed by atoms with Crippen LogP contribution in [0.5, 0.6) is 0 Å². The van der Waals surface area contributed by atoms with Crippen LogP contribution in [0.25, 0.3) is 0 Å². The van der Waals surface area contributed by atoms with Crippen molar-refractivity contribution in [2.75, 3.05) is 0 Å². The number of fused-ring (bicyclic) bond motifs is 1. The van der Waals surface area contributed by atoms with E-state index in [1.165, 1.54) is 11.1 Å². The standard InChI is InChI=1S/C10H11NS/c1-2-9-7-5-3-4-6-8(7)10(12)11-9/h3-6,9H,2H2,1H3,(H,11,12). The molecular weight excluding hydrogens is 166 g/mol. The Morgan fingerprint density at radius 1 is 1.42 bits per heavy atom. The first-order valence-electron chi connectivity index (χ1n) is 4.22. The summed E-state index contributed by atoms with van der Waals surface area (Å²) in [6.45, 7) is 2.17. The Labute approximate surface area is 77.8 Å². The molecule has 1 aliphatic heterocycles. The van der Waals surface area contributed by atoms with Gasteiger partial charge in [0.2, 0.25) is 0 Å². The van der Waals surface area contributed by atoms with Crippen LogP contribution in [-0.4, -0.2) is 4.99 Å². The largest absolute Gasteiger partial charge is 0.369 e.